The van der Waals surface area contributed by atoms with Gasteiger partial charge >= 0.3 is 0 Å². The van der Waals surface area contributed by atoms with Crippen LogP contribution in [0, 0.1) is 0 Å². The number of nitrogens with one attached hydrogen (secondary N) is 1. The van der Waals surface area contributed by atoms with Crippen LogP contribution in [0.2, 0.25) is 0 Å². The second-order valence-corrected chi connectivity index (χ2v) is 4.54. The molecule has 0 aliphatic rings. The van der Waals surface area contributed by atoms with Crippen LogP contribution in [0.3, 0.4) is 0 Å². The van der Waals surface area contributed by atoms with Crippen LogP contribution in [0.15, 0.2) is 36.9 Å². The number of hydrogen-bond donors (Lipinski definition) is 1. The molecule has 0 aliphatic heterocycles. The third-order valence-corrected chi connectivity index (χ3v) is 3.07. The molecule has 0 aromatic carbocycles. The molecular weight excluding hydrogens is 252 g/mol. The average Bonchev–Trinajstić information content (AvgIpc) is 2.52. The van der Waals surface area contributed by atoms with Gasteiger partial charge in [-0.15, -0.1) is 0 Å². The molecule has 2 rings (SSSR count). The molecule has 1 unspecified atom stereocenters. The van der Waals surface area contributed by atoms with Gasteiger partial charge in [-0.3, -0.25) is 4.98 Å². The molecule has 5 heteroatoms. The first-order valence-corrected chi connectivity index (χ1v) is 6.81. The highest BCUT2D eigenvalue weighted by Crippen LogP contribution is 2.18. The van der Waals surface area contributed by atoms with Crippen LogP contribution in [0.4, 0.5) is 0 Å². The zero-order valence-corrected chi connectivity index (χ0v) is 11.9. The fourth-order valence-electron chi connectivity index (χ4n) is 2.03. The molecule has 0 saturated heterocycles. The smallest absolute Gasteiger partial charge is 0.216 e. The van der Waals surface area contributed by atoms with Gasteiger partial charge in [0.1, 0.15) is 6.33 Å². The first-order valence-electron chi connectivity index (χ1n) is 6.81. The number of pyridine rings is 1. The van der Waals surface area contributed by atoms with Crippen LogP contribution < -0.4 is 10.1 Å². The third-order valence-electron chi connectivity index (χ3n) is 3.07. The summed E-state index contributed by atoms with van der Waals surface area (Å²) in [4.78, 5) is 12.4. The van der Waals surface area contributed by atoms with Crippen molar-refractivity contribution in [2.45, 2.75) is 25.8 Å². The molecule has 0 spiro atoms. The molecule has 0 bridgehead atoms. The monoisotopic (exact) mass is 272 g/mol. The van der Waals surface area contributed by atoms with Crippen LogP contribution in [-0.4, -0.2) is 28.6 Å². The second kappa shape index (κ2) is 7.55. The molecular formula is C15H20N4O. The van der Waals surface area contributed by atoms with E-state index in [4.69, 9.17) is 4.74 Å². The molecule has 106 valence electrons. The summed E-state index contributed by atoms with van der Waals surface area (Å²) < 4.78 is 5.14. The van der Waals surface area contributed by atoms with Gasteiger partial charge in [0.25, 0.3) is 0 Å². The number of nitrogens with zero attached hydrogens (tertiary/aromatic N) is 3. The second-order valence-electron chi connectivity index (χ2n) is 4.54. The number of hydrogen-bond acceptors (Lipinski definition) is 5. The van der Waals surface area contributed by atoms with Gasteiger partial charge in [0.2, 0.25) is 5.88 Å². The van der Waals surface area contributed by atoms with E-state index in [1.807, 2.05) is 30.6 Å². The number of methoxy groups -OCH3 is 1. The summed E-state index contributed by atoms with van der Waals surface area (Å²) in [5, 5.41) is 3.54. The van der Waals surface area contributed by atoms with E-state index >= 15 is 0 Å². The zero-order chi connectivity index (χ0) is 14.2. The van der Waals surface area contributed by atoms with Crippen LogP contribution in [0.1, 0.15) is 30.6 Å². The molecule has 2 aromatic rings. The summed E-state index contributed by atoms with van der Waals surface area (Å²) in [7, 11) is 1.61. The lowest BCUT2D eigenvalue weighted by Gasteiger charge is -2.18. The molecule has 1 atom stereocenters. The Balaban J connectivity index is 2.14. The van der Waals surface area contributed by atoms with Crippen molar-refractivity contribution in [1.82, 2.24) is 20.3 Å². The summed E-state index contributed by atoms with van der Waals surface area (Å²) in [5.41, 5.74) is 2.17. The Morgan fingerprint density at radius 1 is 1.25 bits per heavy atom. The Kier molecular flexibility index (Phi) is 5.43. The molecule has 0 amide bonds. The van der Waals surface area contributed by atoms with E-state index in [-0.39, 0.29) is 6.04 Å². The van der Waals surface area contributed by atoms with Crippen molar-refractivity contribution in [3.05, 3.63) is 48.2 Å². The fraction of sp³-hybridized carbons (Fsp3) is 0.400. The minimum Gasteiger partial charge on any atom is -0.481 e. The van der Waals surface area contributed by atoms with Crippen molar-refractivity contribution in [1.29, 1.82) is 0 Å². The van der Waals surface area contributed by atoms with E-state index in [0.29, 0.717) is 5.88 Å². The van der Waals surface area contributed by atoms with Crippen molar-refractivity contribution in [3.63, 3.8) is 0 Å². The van der Waals surface area contributed by atoms with Gasteiger partial charge in [-0.25, -0.2) is 9.97 Å². The van der Waals surface area contributed by atoms with E-state index in [2.05, 4.69) is 27.2 Å². The van der Waals surface area contributed by atoms with Crippen LogP contribution in [0.25, 0.3) is 0 Å². The van der Waals surface area contributed by atoms with E-state index in [1.54, 1.807) is 7.11 Å². The van der Waals surface area contributed by atoms with E-state index in [1.165, 1.54) is 11.9 Å². The summed E-state index contributed by atoms with van der Waals surface area (Å²) in [6.45, 7) is 3.12. The number of ether oxygens (including phenoxy) is 1. The standard InChI is InChI=1S/C15H20N4O/c1-3-6-17-14(12-4-7-16-8-5-12)9-13-10-15(20-2)19-11-18-13/h4-5,7-8,10-11,14,17H,3,6,9H2,1-2H3. The minimum atomic E-state index is 0.220. The third kappa shape index (κ3) is 3.99. The summed E-state index contributed by atoms with van der Waals surface area (Å²) in [6, 6.07) is 6.16. The predicted octanol–water partition coefficient (Wildman–Crippen LogP) is 2.16. The average molecular weight is 272 g/mol. The molecule has 20 heavy (non-hydrogen) atoms. The zero-order valence-electron chi connectivity index (χ0n) is 11.9. The molecule has 0 saturated carbocycles. The van der Waals surface area contributed by atoms with Crippen molar-refractivity contribution < 1.29 is 4.74 Å². The van der Waals surface area contributed by atoms with Crippen molar-refractivity contribution in [2.75, 3.05) is 13.7 Å². The molecule has 0 fully saturated rings. The maximum Gasteiger partial charge on any atom is 0.216 e. The summed E-state index contributed by atoms with van der Waals surface area (Å²) in [6.07, 6.45) is 7.06. The normalized spacial score (nSPS) is 12.1. The highest BCUT2D eigenvalue weighted by atomic mass is 16.5. The maximum atomic E-state index is 5.14. The maximum absolute atomic E-state index is 5.14. The first-order chi connectivity index (χ1) is 9.83. The highest BCUT2D eigenvalue weighted by molar-refractivity contribution is 5.20. The Bertz CT molecular complexity index is 518. The van der Waals surface area contributed by atoms with Crippen molar-refractivity contribution in [2.24, 2.45) is 0 Å². The Labute approximate surface area is 119 Å². The van der Waals surface area contributed by atoms with Gasteiger partial charge in [-0.1, -0.05) is 6.92 Å². The van der Waals surface area contributed by atoms with Gasteiger partial charge in [0.15, 0.2) is 0 Å². The van der Waals surface area contributed by atoms with Crippen LogP contribution in [0.5, 0.6) is 5.88 Å². The minimum absolute atomic E-state index is 0.220. The Hall–Kier alpha value is -2.01. The Morgan fingerprint density at radius 2 is 2.05 bits per heavy atom. The Morgan fingerprint density at radius 3 is 2.75 bits per heavy atom. The molecule has 1 N–H and O–H groups in total. The first kappa shape index (κ1) is 14.4. The SMILES string of the molecule is CCCNC(Cc1cc(OC)ncn1)c1ccncc1. The van der Waals surface area contributed by atoms with Gasteiger partial charge in [-0.2, -0.15) is 0 Å². The van der Waals surface area contributed by atoms with Gasteiger partial charge in [0.05, 0.1) is 7.11 Å². The quantitative estimate of drug-likeness (QED) is 0.837. The largest absolute Gasteiger partial charge is 0.481 e. The lowest BCUT2D eigenvalue weighted by atomic mass is 10.0. The van der Waals surface area contributed by atoms with Crippen LogP contribution >= 0.6 is 0 Å². The molecule has 0 aliphatic carbocycles. The summed E-state index contributed by atoms with van der Waals surface area (Å²) >= 11 is 0. The lowest BCUT2D eigenvalue weighted by Crippen LogP contribution is -2.24. The molecule has 0 radical (unpaired) electrons. The van der Waals surface area contributed by atoms with Gasteiger partial charge in [-0.05, 0) is 30.7 Å². The van der Waals surface area contributed by atoms with E-state index in [0.717, 1.165) is 25.1 Å². The topological polar surface area (TPSA) is 59.9 Å². The lowest BCUT2D eigenvalue weighted by molar-refractivity contribution is 0.395. The molecule has 2 heterocycles. The summed E-state index contributed by atoms with van der Waals surface area (Å²) in [5.74, 6) is 0.596. The van der Waals surface area contributed by atoms with E-state index in [9.17, 15) is 0 Å². The highest BCUT2D eigenvalue weighted by Gasteiger charge is 2.12. The molecule has 5 nitrogen and oxygen atoms in total. The van der Waals surface area contributed by atoms with E-state index < -0.39 is 0 Å². The van der Waals surface area contributed by atoms with Crippen molar-refractivity contribution in [3.8, 4) is 5.88 Å². The van der Waals surface area contributed by atoms with Crippen LogP contribution in [-0.2, 0) is 6.42 Å². The van der Waals surface area contributed by atoms with Crippen molar-refractivity contribution >= 4 is 0 Å². The molecule has 2 aromatic heterocycles. The van der Waals surface area contributed by atoms with Gasteiger partial charge < -0.3 is 10.1 Å². The number of rotatable bonds is 7. The van der Waals surface area contributed by atoms with Gasteiger partial charge in [0, 0.05) is 36.6 Å². The fourth-order valence-corrected chi connectivity index (χ4v) is 2.03. The number of aromatic nitrogens is 3. The predicted molar refractivity (Wildman–Crippen MR) is 77.6 cm³/mol.